The van der Waals surface area contributed by atoms with Gasteiger partial charge in [0.25, 0.3) is 5.91 Å². The quantitative estimate of drug-likeness (QED) is 0.356. The Morgan fingerprint density at radius 3 is 2.56 bits per heavy atom. The lowest BCUT2D eigenvalue weighted by atomic mass is 10.0. The molecule has 178 valence electrons. The number of aryl methyl sites for hydroxylation is 1. The topological polar surface area (TPSA) is 75.2 Å². The summed E-state index contributed by atoms with van der Waals surface area (Å²) in [5, 5.41) is 12.9. The van der Waals surface area contributed by atoms with Gasteiger partial charge in [0, 0.05) is 22.7 Å². The molecule has 2 amide bonds. The van der Waals surface area contributed by atoms with E-state index in [1.54, 1.807) is 17.0 Å². The van der Waals surface area contributed by atoms with Crippen molar-refractivity contribution in [3.63, 3.8) is 0 Å². The van der Waals surface area contributed by atoms with Gasteiger partial charge in [0.1, 0.15) is 11.0 Å². The summed E-state index contributed by atoms with van der Waals surface area (Å²) < 4.78 is 0. The van der Waals surface area contributed by atoms with Crippen LogP contribution in [0.25, 0.3) is 10.6 Å². The number of nitrogens with one attached hydrogen (secondary N) is 1. The van der Waals surface area contributed by atoms with E-state index in [-0.39, 0.29) is 11.8 Å². The summed E-state index contributed by atoms with van der Waals surface area (Å²) in [6, 6.07) is 14.6. The van der Waals surface area contributed by atoms with Gasteiger partial charge in [-0.15, -0.1) is 10.2 Å². The third kappa shape index (κ3) is 6.02. The van der Waals surface area contributed by atoms with Crippen molar-refractivity contribution >= 4 is 39.9 Å². The SMILES string of the molecule is CCCCCCc1ccc(C(=O)N2CCCC2C(=O)Nc2nnc(-c3ccc(Cl)cc3)s2)cc1. The molecule has 2 aromatic carbocycles. The molecular formula is C26H29ClN4O2S. The molecule has 8 heteroatoms. The molecule has 0 bridgehead atoms. The molecule has 6 nitrogen and oxygen atoms in total. The van der Waals surface area contributed by atoms with Crippen LogP contribution in [0.4, 0.5) is 5.13 Å². The van der Waals surface area contributed by atoms with Crippen LogP contribution < -0.4 is 5.32 Å². The van der Waals surface area contributed by atoms with Crippen LogP contribution >= 0.6 is 22.9 Å². The Morgan fingerprint density at radius 1 is 1.06 bits per heavy atom. The highest BCUT2D eigenvalue weighted by Crippen LogP contribution is 2.28. The van der Waals surface area contributed by atoms with Crippen LogP contribution in [0.3, 0.4) is 0 Å². The predicted molar refractivity (Wildman–Crippen MR) is 137 cm³/mol. The van der Waals surface area contributed by atoms with Crippen LogP contribution in [0.1, 0.15) is 61.4 Å². The Morgan fingerprint density at radius 2 is 1.82 bits per heavy atom. The zero-order valence-electron chi connectivity index (χ0n) is 19.3. The highest BCUT2D eigenvalue weighted by molar-refractivity contribution is 7.18. The lowest BCUT2D eigenvalue weighted by Gasteiger charge is -2.23. The first-order valence-electron chi connectivity index (χ1n) is 11.9. The molecule has 0 radical (unpaired) electrons. The standard InChI is InChI=1S/C26H29ClN4O2S/c1-2-3-4-5-7-18-9-11-20(12-10-18)25(33)31-17-6-8-22(31)23(32)28-26-30-29-24(34-26)19-13-15-21(27)16-14-19/h9-16,22H,2-8,17H2,1H3,(H,28,30,32). The molecule has 34 heavy (non-hydrogen) atoms. The molecule has 1 aromatic heterocycles. The van der Waals surface area contributed by atoms with Gasteiger partial charge in [-0.3, -0.25) is 14.9 Å². The van der Waals surface area contributed by atoms with Gasteiger partial charge in [0.2, 0.25) is 11.0 Å². The second-order valence-electron chi connectivity index (χ2n) is 8.57. The number of aromatic nitrogens is 2. The summed E-state index contributed by atoms with van der Waals surface area (Å²) in [7, 11) is 0. The molecule has 1 fully saturated rings. The summed E-state index contributed by atoms with van der Waals surface area (Å²) in [5.41, 5.74) is 2.75. The number of hydrogen-bond acceptors (Lipinski definition) is 5. The van der Waals surface area contributed by atoms with Gasteiger partial charge in [-0.05, 0) is 55.5 Å². The van der Waals surface area contributed by atoms with E-state index < -0.39 is 6.04 Å². The lowest BCUT2D eigenvalue weighted by molar-refractivity contribution is -0.119. The summed E-state index contributed by atoms with van der Waals surface area (Å²) in [5.74, 6) is -0.327. The van der Waals surface area contributed by atoms with Gasteiger partial charge in [-0.1, -0.05) is 73.4 Å². The first-order valence-corrected chi connectivity index (χ1v) is 13.0. The first kappa shape index (κ1) is 24.4. The number of unbranched alkanes of at least 4 members (excludes halogenated alkanes) is 3. The van der Waals surface area contributed by atoms with Crippen LogP contribution in [0.15, 0.2) is 48.5 Å². The third-order valence-corrected chi connectivity index (χ3v) is 7.22. The molecule has 4 rings (SSSR count). The predicted octanol–water partition coefficient (Wildman–Crippen LogP) is 6.22. The van der Waals surface area contributed by atoms with Crippen molar-refractivity contribution in [2.75, 3.05) is 11.9 Å². The van der Waals surface area contributed by atoms with Gasteiger partial charge < -0.3 is 4.90 Å². The van der Waals surface area contributed by atoms with E-state index in [0.717, 1.165) is 18.4 Å². The van der Waals surface area contributed by atoms with Crippen molar-refractivity contribution in [2.24, 2.45) is 0 Å². The third-order valence-electron chi connectivity index (χ3n) is 6.08. The zero-order chi connectivity index (χ0) is 23.9. The maximum absolute atomic E-state index is 13.2. The first-order chi connectivity index (χ1) is 16.5. The fraction of sp³-hybridized carbons (Fsp3) is 0.385. The van der Waals surface area contributed by atoms with E-state index in [4.69, 9.17) is 11.6 Å². The number of carbonyl (C=O) groups is 2. The van der Waals surface area contributed by atoms with E-state index in [2.05, 4.69) is 22.4 Å². The fourth-order valence-electron chi connectivity index (χ4n) is 4.19. The van der Waals surface area contributed by atoms with E-state index in [9.17, 15) is 9.59 Å². The number of halogens is 1. The van der Waals surface area contributed by atoms with Crippen molar-refractivity contribution < 1.29 is 9.59 Å². The Labute approximate surface area is 209 Å². The largest absolute Gasteiger partial charge is 0.327 e. The van der Waals surface area contributed by atoms with Gasteiger partial charge in [0.15, 0.2) is 0 Å². The van der Waals surface area contributed by atoms with Crippen molar-refractivity contribution in [1.29, 1.82) is 0 Å². The van der Waals surface area contributed by atoms with Crippen molar-refractivity contribution in [2.45, 2.75) is 57.9 Å². The van der Waals surface area contributed by atoms with Gasteiger partial charge >= 0.3 is 0 Å². The molecule has 2 heterocycles. The van der Waals surface area contributed by atoms with Crippen LogP contribution in [0.5, 0.6) is 0 Å². The van der Waals surface area contributed by atoms with Crippen LogP contribution in [-0.4, -0.2) is 39.5 Å². The number of anilines is 1. The number of benzene rings is 2. The summed E-state index contributed by atoms with van der Waals surface area (Å²) >= 11 is 7.24. The van der Waals surface area contributed by atoms with E-state index in [1.807, 2.05) is 36.4 Å². The fourth-order valence-corrected chi connectivity index (χ4v) is 5.07. The molecule has 0 aliphatic carbocycles. The minimum Gasteiger partial charge on any atom is -0.327 e. The Bertz CT molecular complexity index is 1110. The number of carbonyl (C=O) groups excluding carboxylic acids is 2. The van der Waals surface area contributed by atoms with Gasteiger partial charge in [-0.2, -0.15) is 0 Å². The highest BCUT2D eigenvalue weighted by atomic mass is 35.5. The molecule has 0 spiro atoms. The molecular weight excluding hydrogens is 468 g/mol. The average molecular weight is 497 g/mol. The number of nitrogens with zero attached hydrogens (tertiary/aromatic N) is 3. The van der Waals surface area contributed by atoms with Crippen LogP contribution in [0.2, 0.25) is 5.02 Å². The monoisotopic (exact) mass is 496 g/mol. The second-order valence-corrected chi connectivity index (χ2v) is 9.99. The normalized spacial score (nSPS) is 15.5. The molecule has 1 aliphatic heterocycles. The molecule has 1 aliphatic rings. The minimum absolute atomic E-state index is 0.102. The van der Waals surface area contributed by atoms with Gasteiger partial charge in [-0.25, -0.2) is 0 Å². The maximum atomic E-state index is 13.2. The van der Waals surface area contributed by atoms with Crippen LogP contribution in [0, 0.1) is 0 Å². The van der Waals surface area contributed by atoms with Crippen molar-refractivity contribution in [3.8, 4) is 10.6 Å². The Kier molecular flexibility index (Phi) is 8.29. The summed E-state index contributed by atoms with van der Waals surface area (Å²) in [6.45, 7) is 2.78. The summed E-state index contributed by atoms with van der Waals surface area (Å²) in [6.07, 6.45) is 7.35. The van der Waals surface area contributed by atoms with E-state index in [1.165, 1.54) is 42.6 Å². The van der Waals surface area contributed by atoms with Crippen molar-refractivity contribution in [1.82, 2.24) is 15.1 Å². The maximum Gasteiger partial charge on any atom is 0.254 e. The van der Waals surface area contributed by atoms with Gasteiger partial charge in [0.05, 0.1) is 0 Å². The molecule has 1 saturated heterocycles. The number of amides is 2. The molecule has 0 saturated carbocycles. The molecule has 1 unspecified atom stereocenters. The zero-order valence-corrected chi connectivity index (χ0v) is 20.9. The Hall–Kier alpha value is -2.77. The highest BCUT2D eigenvalue weighted by Gasteiger charge is 2.35. The van der Waals surface area contributed by atoms with Crippen molar-refractivity contribution in [3.05, 3.63) is 64.7 Å². The number of likely N-dealkylation sites (tertiary alicyclic amines) is 1. The molecule has 3 aromatic rings. The minimum atomic E-state index is -0.510. The molecule has 1 N–H and O–H groups in total. The lowest BCUT2D eigenvalue weighted by Crippen LogP contribution is -2.43. The number of rotatable bonds is 9. The van der Waals surface area contributed by atoms with Crippen LogP contribution in [-0.2, 0) is 11.2 Å². The van der Waals surface area contributed by atoms with E-state index >= 15 is 0 Å². The average Bonchev–Trinajstić information content (AvgIpc) is 3.52. The second kappa shape index (κ2) is 11.6. The summed E-state index contributed by atoms with van der Waals surface area (Å²) in [4.78, 5) is 27.8. The molecule has 1 atom stereocenters. The smallest absolute Gasteiger partial charge is 0.254 e. The number of hydrogen-bond donors (Lipinski definition) is 1. The Balaban J connectivity index is 1.36. The van der Waals surface area contributed by atoms with E-state index in [0.29, 0.717) is 33.7 Å².